The molecule has 0 saturated heterocycles. The van der Waals surface area contributed by atoms with E-state index in [4.69, 9.17) is 4.74 Å². The van der Waals surface area contributed by atoms with Crippen LogP contribution in [0.25, 0.3) is 0 Å². The number of ether oxygens (including phenoxy) is 1. The number of anilines is 2. The number of carbonyl (C=O) groups is 2. The highest BCUT2D eigenvalue weighted by atomic mass is 16.5. The van der Waals surface area contributed by atoms with Crippen LogP contribution in [0.15, 0.2) is 54.9 Å². The molecule has 0 bridgehead atoms. The number of allylic oxidation sites excluding steroid dienone is 4. The van der Waals surface area contributed by atoms with Gasteiger partial charge in [0.1, 0.15) is 17.3 Å². The Bertz CT molecular complexity index is 1030. The Morgan fingerprint density at radius 3 is 2.57 bits per heavy atom. The van der Waals surface area contributed by atoms with Crippen molar-refractivity contribution in [2.24, 2.45) is 11.8 Å². The van der Waals surface area contributed by atoms with Crippen LogP contribution < -0.4 is 15.4 Å². The van der Waals surface area contributed by atoms with E-state index in [2.05, 4.69) is 39.7 Å². The van der Waals surface area contributed by atoms with Gasteiger partial charge in [0, 0.05) is 35.9 Å². The van der Waals surface area contributed by atoms with E-state index in [0.717, 1.165) is 18.5 Å². The van der Waals surface area contributed by atoms with Crippen LogP contribution in [-0.2, 0) is 4.79 Å². The second-order valence-electron chi connectivity index (χ2n) is 7.58. The molecule has 2 amide bonds. The fourth-order valence-corrected chi connectivity index (χ4v) is 3.47. The van der Waals surface area contributed by atoms with E-state index >= 15 is 0 Å². The summed E-state index contributed by atoms with van der Waals surface area (Å²) in [5.41, 5.74) is 1.68. The molecular formula is C23H24N4O3. The van der Waals surface area contributed by atoms with Gasteiger partial charge in [-0.15, -0.1) is 0 Å². The Morgan fingerprint density at radius 1 is 1.07 bits per heavy atom. The third-order valence-corrected chi connectivity index (χ3v) is 5.35. The highest BCUT2D eigenvalue weighted by Crippen LogP contribution is 2.37. The van der Waals surface area contributed by atoms with Crippen molar-refractivity contribution < 1.29 is 14.3 Å². The van der Waals surface area contributed by atoms with E-state index in [-0.39, 0.29) is 29.6 Å². The van der Waals surface area contributed by atoms with Crippen LogP contribution in [0.5, 0.6) is 5.75 Å². The van der Waals surface area contributed by atoms with Crippen molar-refractivity contribution in [3.05, 3.63) is 66.2 Å². The van der Waals surface area contributed by atoms with Crippen LogP contribution in [-0.4, -0.2) is 28.9 Å². The average molecular weight is 404 g/mol. The van der Waals surface area contributed by atoms with Gasteiger partial charge < -0.3 is 15.4 Å². The summed E-state index contributed by atoms with van der Waals surface area (Å²) in [4.78, 5) is 33.7. The molecule has 2 unspecified atom stereocenters. The molecule has 7 heteroatoms. The number of aromatic nitrogens is 2. The number of nitrogens with zero attached hydrogens (tertiary/aromatic N) is 2. The molecule has 30 heavy (non-hydrogen) atoms. The molecule has 1 saturated carbocycles. The summed E-state index contributed by atoms with van der Waals surface area (Å²) in [7, 11) is 1.56. The second-order valence-corrected chi connectivity index (χ2v) is 7.58. The van der Waals surface area contributed by atoms with Crippen LogP contribution in [0, 0.1) is 11.8 Å². The number of hydrogen-bond donors (Lipinski definition) is 2. The molecule has 2 aliphatic carbocycles. The number of methoxy groups -OCH3 is 1. The topological polar surface area (TPSA) is 93.2 Å². The fourth-order valence-electron chi connectivity index (χ4n) is 3.47. The average Bonchev–Trinajstić information content (AvgIpc) is 3.60. The molecule has 2 aromatic rings. The lowest BCUT2D eigenvalue weighted by molar-refractivity contribution is -0.117. The van der Waals surface area contributed by atoms with Gasteiger partial charge in [-0.25, -0.2) is 4.98 Å². The molecule has 4 rings (SSSR count). The molecule has 2 aromatic heterocycles. The molecule has 2 N–H and O–H groups in total. The summed E-state index contributed by atoms with van der Waals surface area (Å²) in [6.07, 6.45) is 13.2. The highest BCUT2D eigenvalue weighted by molar-refractivity contribution is 6.06. The molecule has 0 aliphatic heterocycles. The van der Waals surface area contributed by atoms with Gasteiger partial charge in [-0.05, 0) is 30.9 Å². The normalized spacial score (nSPS) is 19.9. The Hall–Kier alpha value is -3.48. The predicted molar refractivity (Wildman–Crippen MR) is 115 cm³/mol. The zero-order valence-corrected chi connectivity index (χ0v) is 17.0. The summed E-state index contributed by atoms with van der Waals surface area (Å²) in [5, 5.41) is 5.73. The maximum absolute atomic E-state index is 13.0. The Balaban J connectivity index is 1.59. The lowest BCUT2D eigenvalue weighted by Crippen LogP contribution is -2.19. The quantitative estimate of drug-likeness (QED) is 0.761. The first-order valence-corrected chi connectivity index (χ1v) is 10.0. The van der Waals surface area contributed by atoms with Gasteiger partial charge in [0.25, 0.3) is 5.91 Å². The standard InChI is InChI=1S/C23H24N4O3/c1-14-5-3-4-6-17(14)20-21(18(30-2)10-12-25-20)27-23(29)16-9-11-24-19(13-16)26-22(28)15-7-8-15/h3-6,9-15,17H,7-8H2,1-2H3,(H,27,29)(H,24,26,28). The predicted octanol–water partition coefficient (Wildman–Crippen LogP) is 3.93. The summed E-state index contributed by atoms with van der Waals surface area (Å²) in [5.74, 6) is 0.844. The van der Waals surface area contributed by atoms with Gasteiger partial charge in [-0.2, -0.15) is 0 Å². The third kappa shape index (κ3) is 4.25. The third-order valence-electron chi connectivity index (χ3n) is 5.35. The van der Waals surface area contributed by atoms with Crippen LogP contribution in [0.2, 0.25) is 0 Å². The van der Waals surface area contributed by atoms with E-state index in [9.17, 15) is 9.59 Å². The van der Waals surface area contributed by atoms with Crippen LogP contribution in [0.1, 0.15) is 41.7 Å². The minimum absolute atomic E-state index is 0.0197. The largest absolute Gasteiger partial charge is 0.494 e. The number of carbonyl (C=O) groups excluding carboxylic acids is 2. The highest BCUT2D eigenvalue weighted by Gasteiger charge is 2.30. The number of pyridine rings is 2. The first-order chi connectivity index (χ1) is 14.6. The Morgan fingerprint density at radius 2 is 1.83 bits per heavy atom. The maximum Gasteiger partial charge on any atom is 0.256 e. The van der Waals surface area contributed by atoms with Crippen molar-refractivity contribution in [1.82, 2.24) is 9.97 Å². The van der Waals surface area contributed by atoms with E-state index in [0.29, 0.717) is 22.8 Å². The zero-order valence-electron chi connectivity index (χ0n) is 17.0. The smallest absolute Gasteiger partial charge is 0.256 e. The zero-order chi connectivity index (χ0) is 21.1. The number of amides is 2. The number of hydrogen-bond acceptors (Lipinski definition) is 5. The summed E-state index contributed by atoms with van der Waals surface area (Å²) < 4.78 is 5.49. The molecule has 154 valence electrons. The SMILES string of the molecule is COc1ccnc(C2C=CC=CC2C)c1NC(=O)c1ccnc(NC(=O)C2CC2)c1. The number of rotatable bonds is 6. The van der Waals surface area contributed by atoms with Gasteiger partial charge in [0.05, 0.1) is 12.8 Å². The molecule has 7 nitrogen and oxygen atoms in total. The van der Waals surface area contributed by atoms with E-state index < -0.39 is 0 Å². The maximum atomic E-state index is 13.0. The Kier molecular flexibility index (Phi) is 5.61. The molecule has 2 aliphatic rings. The minimum atomic E-state index is -0.324. The molecule has 1 fully saturated rings. The minimum Gasteiger partial charge on any atom is -0.494 e. The van der Waals surface area contributed by atoms with Crippen molar-refractivity contribution in [3.8, 4) is 5.75 Å². The van der Waals surface area contributed by atoms with Crippen molar-refractivity contribution in [3.63, 3.8) is 0 Å². The monoisotopic (exact) mass is 404 g/mol. The van der Waals surface area contributed by atoms with Gasteiger partial charge >= 0.3 is 0 Å². The van der Waals surface area contributed by atoms with Crippen LogP contribution >= 0.6 is 0 Å². The van der Waals surface area contributed by atoms with Crippen molar-refractivity contribution in [2.45, 2.75) is 25.7 Å². The van der Waals surface area contributed by atoms with Gasteiger partial charge in [0.15, 0.2) is 0 Å². The number of nitrogens with one attached hydrogen (secondary N) is 2. The molecule has 2 atom stereocenters. The molecular weight excluding hydrogens is 380 g/mol. The lowest BCUT2D eigenvalue weighted by Gasteiger charge is -2.23. The fraction of sp³-hybridized carbons (Fsp3) is 0.304. The summed E-state index contributed by atoms with van der Waals surface area (Å²) in [6.45, 7) is 2.11. The lowest BCUT2D eigenvalue weighted by atomic mass is 9.86. The van der Waals surface area contributed by atoms with Crippen molar-refractivity contribution in [2.75, 3.05) is 17.7 Å². The summed E-state index contributed by atoms with van der Waals surface area (Å²) in [6, 6.07) is 4.90. The van der Waals surface area contributed by atoms with Gasteiger partial charge in [0.2, 0.25) is 5.91 Å². The molecule has 0 aromatic carbocycles. The van der Waals surface area contributed by atoms with Crippen molar-refractivity contribution >= 4 is 23.3 Å². The molecule has 2 heterocycles. The molecule has 0 radical (unpaired) electrons. The van der Waals surface area contributed by atoms with Crippen molar-refractivity contribution in [1.29, 1.82) is 0 Å². The second kappa shape index (κ2) is 8.49. The van der Waals surface area contributed by atoms with Crippen LogP contribution in [0.3, 0.4) is 0 Å². The van der Waals surface area contributed by atoms with Gasteiger partial charge in [-0.3, -0.25) is 14.6 Å². The first-order valence-electron chi connectivity index (χ1n) is 10.0. The van der Waals surface area contributed by atoms with E-state index in [1.165, 1.54) is 6.20 Å². The van der Waals surface area contributed by atoms with E-state index in [1.807, 2.05) is 12.2 Å². The molecule has 0 spiro atoms. The first kappa shape index (κ1) is 19.8. The summed E-state index contributed by atoms with van der Waals surface area (Å²) >= 11 is 0. The Labute approximate surface area is 175 Å². The van der Waals surface area contributed by atoms with Crippen LogP contribution in [0.4, 0.5) is 11.5 Å². The van der Waals surface area contributed by atoms with Gasteiger partial charge in [-0.1, -0.05) is 31.2 Å². The van der Waals surface area contributed by atoms with E-state index in [1.54, 1.807) is 31.5 Å².